The average molecular weight is 326 g/mol. The highest BCUT2D eigenvalue weighted by molar-refractivity contribution is 7.03. The number of carbonyl (C=O) groups is 1. The van der Waals surface area contributed by atoms with E-state index in [1.165, 1.54) is 17.6 Å². The molecule has 6 nitrogen and oxygen atoms in total. The lowest BCUT2D eigenvalue weighted by Gasteiger charge is -2.06. The van der Waals surface area contributed by atoms with Crippen molar-refractivity contribution in [1.82, 2.24) is 19.1 Å². The maximum absolute atomic E-state index is 12.1. The van der Waals surface area contributed by atoms with Crippen LogP contribution >= 0.6 is 11.5 Å². The van der Waals surface area contributed by atoms with Crippen LogP contribution in [0.3, 0.4) is 0 Å². The largest absolute Gasteiger partial charge is 0.486 e. The third-order valence-corrected chi connectivity index (χ3v) is 3.73. The summed E-state index contributed by atoms with van der Waals surface area (Å²) in [5, 5.41) is 5.63. The predicted octanol–water partition coefficient (Wildman–Crippen LogP) is 2.75. The molecule has 0 saturated carbocycles. The molecule has 0 aliphatic carbocycles. The van der Waals surface area contributed by atoms with Gasteiger partial charge in [-0.1, -0.05) is 4.49 Å². The lowest BCUT2D eigenvalue weighted by molar-refractivity contribution is 0.104. The standard InChI is InChI=1S/C16H14N4O2S/c1-20-9-8-17-16(20)10-22-14-5-2-12(3-6-14)15(21)7-4-13-11-23-19-18-13/h2-9,11H,10H2,1H3/b7-4-. The number of allylic oxidation sites excluding steroid dienone is 1. The van der Waals surface area contributed by atoms with Gasteiger partial charge in [0.1, 0.15) is 18.2 Å². The summed E-state index contributed by atoms with van der Waals surface area (Å²) in [6.07, 6.45) is 6.73. The van der Waals surface area contributed by atoms with Crippen molar-refractivity contribution in [2.24, 2.45) is 7.05 Å². The average Bonchev–Trinajstić information content (AvgIpc) is 3.23. The van der Waals surface area contributed by atoms with Crippen LogP contribution in [0.4, 0.5) is 0 Å². The lowest BCUT2D eigenvalue weighted by atomic mass is 10.1. The Morgan fingerprint density at radius 2 is 2.17 bits per heavy atom. The van der Waals surface area contributed by atoms with E-state index >= 15 is 0 Å². The van der Waals surface area contributed by atoms with Gasteiger partial charge in [-0.05, 0) is 47.9 Å². The monoisotopic (exact) mass is 326 g/mol. The first-order valence-corrected chi connectivity index (χ1v) is 7.74. The van der Waals surface area contributed by atoms with E-state index < -0.39 is 0 Å². The fraction of sp³-hybridized carbons (Fsp3) is 0.125. The zero-order valence-corrected chi connectivity index (χ0v) is 13.2. The smallest absolute Gasteiger partial charge is 0.185 e. The summed E-state index contributed by atoms with van der Waals surface area (Å²) in [6, 6.07) is 7.02. The van der Waals surface area contributed by atoms with Crippen LogP contribution in [-0.2, 0) is 13.7 Å². The third kappa shape index (κ3) is 3.89. The van der Waals surface area contributed by atoms with Gasteiger partial charge in [0.05, 0.1) is 5.69 Å². The topological polar surface area (TPSA) is 69.9 Å². The summed E-state index contributed by atoms with van der Waals surface area (Å²) in [7, 11) is 1.91. The first-order valence-electron chi connectivity index (χ1n) is 6.91. The molecule has 7 heteroatoms. The van der Waals surface area contributed by atoms with Crippen molar-refractivity contribution in [2.75, 3.05) is 0 Å². The number of imidazole rings is 1. The number of aromatic nitrogens is 4. The highest BCUT2D eigenvalue weighted by Gasteiger charge is 2.04. The molecule has 3 rings (SSSR count). The van der Waals surface area contributed by atoms with Gasteiger partial charge < -0.3 is 9.30 Å². The molecule has 0 radical (unpaired) electrons. The molecule has 1 aromatic carbocycles. The van der Waals surface area contributed by atoms with Crippen molar-refractivity contribution in [1.29, 1.82) is 0 Å². The van der Waals surface area contributed by atoms with E-state index in [9.17, 15) is 4.79 Å². The Balaban J connectivity index is 1.60. The molecule has 2 aromatic heterocycles. The number of aryl methyl sites for hydroxylation is 1. The molecule has 3 aromatic rings. The van der Waals surface area contributed by atoms with Crippen LogP contribution in [0.5, 0.6) is 5.75 Å². The van der Waals surface area contributed by atoms with Crippen molar-refractivity contribution < 1.29 is 9.53 Å². The highest BCUT2D eigenvalue weighted by Crippen LogP contribution is 2.15. The van der Waals surface area contributed by atoms with Gasteiger partial charge in [-0.25, -0.2) is 4.98 Å². The van der Waals surface area contributed by atoms with E-state index in [2.05, 4.69) is 14.6 Å². The maximum atomic E-state index is 12.1. The van der Waals surface area contributed by atoms with Crippen LogP contribution in [0.25, 0.3) is 6.08 Å². The van der Waals surface area contributed by atoms with Gasteiger partial charge in [0.2, 0.25) is 0 Å². The van der Waals surface area contributed by atoms with Gasteiger partial charge >= 0.3 is 0 Å². The van der Waals surface area contributed by atoms with Crippen LogP contribution in [-0.4, -0.2) is 24.9 Å². The van der Waals surface area contributed by atoms with Crippen LogP contribution < -0.4 is 4.74 Å². The van der Waals surface area contributed by atoms with Crippen molar-refractivity contribution in [2.45, 2.75) is 6.61 Å². The second kappa shape index (κ2) is 6.97. The molecule has 0 bridgehead atoms. The van der Waals surface area contributed by atoms with Gasteiger partial charge in [-0.2, -0.15) is 0 Å². The van der Waals surface area contributed by atoms with Crippen molar-refractivity contribution >= 4 is 23.4 Å². The molecular weight excluding hydrogens is 312 g/mol. The van der Waals surface area contributed by atoms with Crippen molar-refractivity contribution in [3.8, 4) is 5.75 Å². The Bertz CT molecular complexity index is 807. The quantitative estimate of drug-likeness (QED) is 0.514. The molecule has 0 amide bonds. The molecule has 0 atom stereocenters. The third-order valence-electron chi connectivity index (χ3n) is 3.21. The molecule has 0 N–H and O–H groups in total. The molecule has 0 fully saturated rings. The Kier molecular flexibility index (Phi) is 4.58. The number of ketones is 1. The summed E-state index contributed by atoms with van der Waals surface area (Å²) in [6.45, 7) is 0.382. The predicted molar refractivity (Wildman–Crippen MR) is 87.3 cm³/mol. The van der Waals surface area contributed by atoms with E-state index in [1.807, 2.05) is 17.8 Å². The lowest BCUT2D eigenvalue weighted by Crippen LogP contribution is -2.03. The highest BCUT2D eigenvalue weighted by atomic mass is 32.1. The minimum atomic E-state index is -0.0892. The fourth-order valence-corrected chi connectivity index (χ4v) is 2.32. The SMILES string of the molecule is Cn1ccnc1COc1ccc(C(=O)/C=C\c2csnn2)cc1. The Morgan fingerprint density at radius 1 is 1.35 bits per heavy atom. The second-order valence-electron chi connectivity index (χ2n) is 4.79. The van der Waals surface area contributed by atoms with Crippen LogP contribution in [0.15, 0.2) is 48.1 Å². The van der Waals surface area contributed by atoms with Crippen LogP contribution in [0.2, 0.25) is 0 Å². The molecule has 0 aliphatic heterocycles. The van der Waals surface area contributed by atoms with Gasteiger partial charge in [0, 0.05) is 30.4 Å². The maximum Gasteiger partial charge on any atom is 0.185 e. The molecule has 0 saturated heterocycles. The van der Waals surface area contributed by atoms with Crippen molar-refractivity contribution in [3.63, 3.8) is 0 Å². The molecule has 2 heterocycles. The normalized spacial score (nSPS) is 11.0. The number of benzene rings is 1. The molecular formula is C16H14N4O2S. The van der Waals surface area contributed by atoms with E-state index in [4.69, 9.17) is 4.74 Å². The molecule has 0 unspecified atom stereocenters. The van der Waals surface area contributed by atoms with E-state index in [1.54, 1.807) is 41.9 Å². The number of nitrogens with zero attached hydrogens (tertiary/aromatic N) is 4. The summed E-state index contributed by atoms with van der Waals surface area (Å²) < 4.78 is 11.3. The summed E-state index contributed by atoms with van der Waals surface area (Å²) in [4.78, 5) is 16.2. The summed E-state index contributed by atoms with van der Waals surface area (Å²) in [5.41, 5.74) is 1.27. The van der Waals surface area contributed by atoms with E-state index in [0.29, 0.717) is 23.6 Å². The van der Waals surface area contributed by atoms with Gasteiger partial charge in [0.15, 0.2) is 5.78 Å². The Morgan fingerprint density at radius 3 is 2.83 bits per heavy atom. The van der Waals surface area contributed by atoms with E-state index in [0.717, 1.165) is 5.82 Å². The Hall–Kier alpha value is -2.80. The van der Waals surface area contributed by atoms with E-state index in [-0.39, 0.29) is 5.78 Å². The molecule has 0 aliphatic rings. The Labute approximate surface area is 137 Å². The summed E-state index contributed by atoms with van der Waals surface area (Å²) in [5.74, 6) is 1.44. The summed E-state index contributed by atoms with van der Waals surface area (Å²) >= 11 is 1.25. The van der Waals surface area contributed by atoms with Crippen LogP contribution in [0, 0.1) is 0 Å². The minimum Gasteiger partial charge on any atom is -0.486 e. The first kappa shape index (κ1) is 15.1. The minimum absolute atomic E-state index is 0.0892. The van der Waals surface area contributed by atoms with Gasteiger partial charge in [0.25, 0.3) is 0 Å². The van der Waals surface area contributed by atoms with Gasteiger partial charge in [-0.3, -0.25) is 4.79 Å². The van der Waals surface area contributed by atoms with Crippen molar-refractivity contribution in [3.05, 3.63) is 65.2 Å². The van der Waals surface area contributed by atoms with Crippen LogP contribution in [0.1, 0.15) is 21.9 Å². The number of hydrogen-bond donors (Lipinski definition) is 0. The molecule has 116 valence electrons. The fourth-order valence-electron chi connectivity index (χ4n) is 1.90. The zero-order chi connectivity index (χ0) is 16.1. The molecule has 0 spiro atoms. The van der Waals surface area contributed by atoms with Gasteiger partial charge in [-0.15, -0.1) is 5.10 Å². The number of rotatable bonds is 6. The number of ether oxygens (including phenoxy) is 1. The molecule has 23 heavy (non-hydrogen) atoms. The first-order chi connectivity index (χ1) is 11.2. The number of carbonyl (C=O) groups excluding carboxylic acids is 1. The second-order valence-corrected chi connectivity index (χ2v) is 5.40. The zero-order valence-electron chi connectivity index (χ0n) is 12.4. The number of hydrogen-bond acceptors (Lipinski definition) is 6.